The molecule has 1 heterocycles. The summed E-state index contributed by atoms with van der Waals surface area (Å²) < 4.78 is 6.39. The van der Waals surface area contributed by atoms with E-state index in [1.54, 1.807) is 6.08 Å². The SMILES string of the molecule is Cc1ccccc1C1=N/C(=C\c2cccc(I)c2)C(=O)O1. The molecule has 1 aliphatic heterocycles. The Bertz CT molecular complexity index is 778. The molecule has 2 aromatic rings. The van der Waals surface area contributed by atoms with Gasteiger partial charge in [-0.2, -0.15) is 0 Å². The summed E-state index contributed by atoms with van der Waals surface area (Å²) in [6.07, 6.45) is 1.75. The molecule has 4 heteroatoms. The minimum absolute atomic E-state index is 0.329. The second kappa shape index (κ2) is 5.81. The average Bonchev–Trinajstić information content (AvgIpc) is 2.80. The zero-order valence-corrected chi connectivity index (χ0v) is 13.5. The lowest BCUT2D eigenvalue weighted by molar-refractivity contribution is -0.129. The summed E-state index contributed by atoms with van der Waals surface area (Å²) in [6.45, 7) is 1.97. The summed E-state index contributed by atoms with van der Waals surface area (Å²) in [7, 11) is 0. The van der Waals surface area contributed by atoms with Crippen LogP contribution in [0, 0.1) is 10.5 Å². The lowest BCUT2D eigenvalue weighted by atomic mass is 10.1. The van der Waals surface area contributed by atoms with Crippen molar-refractivity contribution in [2.45, 2.75) is 6.92 Å². The van der Waals surface area contributed by atoms with Crippen LogP contribution in [0.15, 0.2) is 59.2 Å². The normalized spacial score (nSPS) is 16.0. The minimum Gasteiger partial charge on any atom is -0.402 e. The lowest BCUT2D eigenvalue weighted by Crippen LogP contribution is -2.06. The number of carbonyl (C=O) groups excluding carboxylic acids is 1. The van der Waals surface area contributed by atoms with E-state index in [1.807, 2.05) is 55.5 Å². The van der Waals surface area contributed by atoms with E-state index < -0.39 is 5.97 Å². The lowest BCUT2D eigenvalue weighted by Gasteiger charge is -2.02. The van der Waals surface area contributed by atoms with Crippen LogP contribution in [-0.2, 0) is 9.53 Å². The van der Waals surface area contributed by atoms with E-state index in [4.69, 9.17) is 4.74 Å². The summed E-state index contributed by atoms with van der Waals surface area (Å²) in [5.74, 6) is -0.0397. The fraction of sp³-hybridized carbons (Fsp3) is 0.0588. The molecule has 3 rings (SSSR count). The predicted molar refractivity (Wildman–Crippen MR) is 90.9 cm³/mol. The molecule has 0 aliphatic carbocycles. The van der Waals surface area contributed by atoms with Crippen molar-refractivity contribution in [3.8, 4) is 0 Å². The quantitative estimate of drug-likeness (QED) is 0.443. The smallest absolute Gasteiger partial charge is 0.363 e. The van der Waals surface area contributed by atoms with Gasteiger partial charge in [0.1, 0.15) is 0 Å². The maximum Gasteiger partial charge on any atom is 0.363 e. The summed E-state index contributed by atoms with van der Waals surface area (Å²) in [5.41, 5.74) is 3.13. The number of hydrogen-bond acceptors (Lipinski definition) is 3. The molecule has 2 aromatic carbocycles. The van der Waals surface area contributed by atoms with E-state index in [0.717, 1.165) is 20.3 Å². The molecular weight excluding hydrogens is 377 g/mol. The summed E-state index contributed by atoms with van der Waals surface area (Å²) >= 11 is 2.23. The number of halogens is 1. The van der Waals surface area contributed by atoms with E-state index in [9.17, 15) is 4.79 Å². The molecule has 0 spiro atoms. The summed E-state index contributed by atoms with van der Waals surface area (Å²) in [4.78, 5) is 16.3. The first-order valence-electron chi connectivity index (χ1n) is 6.47. The van der Waals surface area contributed by atoms with Gasteiger partial charge in [-0.15, -0.1) is 0 Å². The molecule has 104 valence electrons. The van der Waals surface area contributed by atoms with Gasteiger partial charge in [0.25, 0.3) is 0 Å². The molecule has 0 amide bonds. The molecule has 0 bridgehead atoms. The van der Waals surface area contributed by atoms with Crippen molar-refractivity contribution in [2.24, 2.45) is 4.99 Å². The number of ether oxygens (including phenoxy) is 1. The number of benzene rings is 2. The second-order valence-corrected chi connectivity index (χ2v) is 5.95. The Kier molecular flexibility index (Phi) is 3.88. The van der Waals surface area contributed by atoms with E-state index in [1.165, 1.54) is 0 Å². The molecule has 0 saturated heterocycles. The molecule has 0 fully saturated rings. The Balaban J connectivity index is 1.98. The second-order valence-electron chi connectivity index (χ2n) is 4.71. The third-order valence-corrected chi connectivity index (χ3v) is 3.82. The van der Waals surface area contributed by atoms with Crippen LogP contribution in [0.3, 0.4) is 0 Å². The zero-order valence-electron chi connectivity index (χ0n) is 11.3. The van der Waals surface area contributed by atoms with Crippen LogP contribution in [0.1, 0.15) is 16.7 Å². The molecule has 0 aromatic heterocycles. The van der Waals surface area contributed by atoms with Gasteiger partial charge in [-0.25, -0.2) is 9.79 Å². The standard InChI is InChI=1S/C17H12INO2/c1-11-5-2-3-8-14(11)16-19-15(17(20)21-16)10-12-6-4-7-13(18)9-12/h2-10H,1H3/b15-10-. The van der Waals surface area contributed by atoms with Crippen LogP contribution in [0.5, 0.6) is 0 Å². The van der Waals surface area contributed by atoms with Gasteiger partial charge >= 0.3 is 5.97 Å². The van der Waals surface area contributed by atoms with E-state index >= 15 is 0 Å². The summed E-state index contributed by atoms with van der Waals surface area (Å²) in [5, 5.41) is 0. The van der Waals surface area contributed by atoms with Crippen molar-refractivity contribution in [3.63, 3.8) is 0 Å². The van der Waals surface area contributed by atoms with Crippen LogP contribution >= 0.6 is 22.6 Å². The highest BCUT2D eigenvalue weighted by atomic mass is 127. The van der Waals surface area contributed by atoms with Gasteiger partial charge in [-0.1, -0.05) is 30.3 Å². The molecule has 0 unspecified atom stereocenters. The molecule has 21 heavy (non-hydrogen) atoms. The third kappa shape index (κ3) is 3.05. The van der Waals surface area contributed by atoms with E-state index in [2.05, 4.69) is 27.6 Å². The molecular formula is C17H12INO2. The Morgan fingerprint density at radius 3 is 2.71 bits per heavy atom. The van der Waals surface area contributed by atoms with Crippen LogP contribution in [0.2, 0.25) is 0 Å². The number of carbonyl (C=O) groups is 1. The highest BCUT2D eigenvalue weighted by molar-refractivity contribution is 14.1. The van der Waals surface area contributed by atoms with Crippen LogP contribution in [0.25, 0.3) is 6.08 Å². The Morgan fingerprint density at radius 1 is 1.14 bits per heavy atom. The maximum absolute atomic E-state index is 12.0. The monoisotopic (exact) mass is 389 g/mol. The minimum atomic E-state index is -0.410. The molecule has 1 aliphatic rings. The zero-order chi connectivity index (χ0) is 14.8. The van der Waals surface area contributed by atoms with Gasteiger partial charge in [0, 0.05) is 9.13 Å². The van der Waals surface area contributed by atoms with Crippen LogP contribution in [-0.4, -0.2) is 11.9 Å². The number of esters is 1. The van der Waals surface area contributed by atoms with Gasteiger partial charge < -0.3 is 4.74 Å². The third-order valence-electron chi connectivity index (χ3n) is 3.15. The van der Waals surface area contributed by atoms with Crippen molar-refractivity contribution in [3.05, 3.63) is 74.5 Å². The molecule has 3 nitrogen and oxygen atoms in total. The molecule has 0 N–H and O–H groups in total. The Labute approximate surface area is 136 Å². The van der Waals surface area contributed by atoms with E-state index in [0.29, 0.717) is 11.6 Å². The molecule has 0 radical (unpaired) electrons. The van der Waals surface area contributed by atoms with Gasteiger partial charge in [0.2, 0.25) is 5.90 Å². The van der Waals surface area contributed by atoms with Crippen molar-refractivity contribution in [2.75, 3.05) is 0 Å². The van der Waals surface area contributed by atoms with Gasteiger partial charge in [-0.05, 0) is 64.9 Å². The fourth-order valence-corrected chi connectivity index (χ4v) is 2.66. The van der Waals surface area contributed by atoms with Crippen molar-refractivity contribution >= 4 is 40.5 Å². The Morgan fingerprint density at radius 2 is 1.95 bits per heavy atom. The first-order chi connectivity index (χ1) is 10.1. The molecule has 0 saturated carbocycles. The number of nitrogens with zero attached hydrogens (tertiary/aromatic N) is 1. The Hall–Kier alpha value is -1.95. The number of cyclic esters (lactones) is 1. The van der Waals surface area contributed by atoms with Gasteiger partial charge in [0.05, 0.1) is 0 Å². The average molecular weight is 389 g/mol. The first-order valence-corrected chi connectivity index (χ1v) is 7.55. The molecule has 0 atom stereocenters. The van der Waals surface area contributed by atoms with Crippen LogP contribution < -0.4 is 0 Å². The predicted octanol–water partition coefficient (Wildman–Crippen LogP) is 3.94. The van der Waals surface area contributed by atoms with E-state index in [-0.39, 0.29) is 0 Å². The first kappa shape index (κ1) is 14.0. The fourth-order valence-electron chi connectivity index (χ4n) is 2.09. The van der Waals surface area contributed by atoms with Crippen molar-refractivity contribution < 1.29 is 9.53 Å². The van der Waals surface area contributed by atoms with Gasteiger partial charge in [-0.3, -0.25) is 0 Å². The van der Waals surface area contributed by atoms with Crippen LogP contribution in [0.4, 0.5) is 0 Å². The number of hydrogen-bond donors (Lipinski definition) is 0. The highest BCUT2D eigenvalue weighted by Crippen LogP contribution is 2.21. The number of aliphatic imine (C=N–C) groups is 1. The number of rotatable bonds is 2. The van der Waals surface area contributed by atoms with Gasteiger partial charge in [0.15, 0.2) is 5.70 Å². The number of aryl methyl sites for hydroxylation is 1. The maximum atomic E-state index is 12.0. The highest BCUT2D eigenvalue weighted by Gasteiger charge is 2.24. The largest absolute Gasteiger partial charge is 0.402 e. The van der Waals surface area contributed by atoms with Crippen molar-refractivity contribution in [1.82, 2.24) is 0 Å². The van der Waals surface area contributed by atoms with Crippen molar-refractivity contribution in [1.29, 1.82) is 0 Å². The topological polar surface area (TPSA) is 38.7 Å². The summed E-state index contributed by atoms with van der Waals surface area (Å²) in [6, 6.07) is 15.6.